The van der Waals surface area contributed by atoms with E-state index >= 15 is 0 Å². The van der Waals surface area contributed by atoms with Crippen LogP contribution in [0.25, 0.3) is 0 Å². The molecule has 0 radical (unpaired) electrons. The number of halogens is 1. The molecular weight excluding hydrogens is 261 g/mol. The van der Waals surface area contributed by atoms with Crippen LogP contribution in [0.1, 0.15) is 11.1 Å². The van der Waals surface area contributed by atoms with Gasteiger partial charge in [-0.05, 0) is 17.7 Å². The molecular formula is C14H14FN3S. The molecule has 0 unspecified atom stereocenters. The molecule has 0 atom stereocenters. The van der Waals surface area contributed by atoms with Crippen LogP contribution in [0.15, 0.2) is 35.5 Å². The highest BCUT2D eigenvalue weighted by molar-refractivity contribution is 7.98. The molecule has 1 aromatic carbocycles. The molecule has 0 saturated carbocycles. The van der Waals surface area contributed by atoms with Crippen molar-refractivity contribution in [3.8, 4) is 11.8 Å². The summed E-state index contributed by atoms with van der Waals surface area (Å²) in [4.78, 5) is 1.08. The summed E-state index contributed by atoms with van der Waals surface area (Å²) in [5.41, 5.74) is 6.71. The van der Waals surface area contributed by atoms with Gasteiger partial charge in [0.2, 0.25) is 0 Å². The van der Waals surface area contributed by atoms with Crippen molar-refractivity contribution in [2.24, 2.45) is 12.8 Å². The second-order valence-corrected chi connectivity index (χ2v) is 5.01. The van der Waals surface area contributed by atoms with Crippen molar-refractivity contribution in [3.05, 3.63) is 47.5 Å². The summed E-state index contributed by atoms with van der Waals surface area (Å²) in [5, 5.41) is 4.10. The summed E-state index contributed by atoms with van der Waals surface area (Å²) >= 11 is 1.65. The van der Waals surface area contributed by atoms with E-state index < -0.39 is 0 Å². The summed E-state index contributed by atoms with van der Waals surface area (Å²) in [7, 11) is 1.88. The van der Waals surface area contributed by atoms with Gasteiger partial charge in [0.1, 0.15) is 5.82 Å². The largest absolute Gasteiger partial charge is 0.320 e. The van der Waals surface area contributed by atoms with Gasteiger partial charge in [-0.25, -0.2) is 4.39 Å². The molecule has 0 bridgehead atoms. The predicted molar refractivity (Wildman–Crippen MR) is 75.1 cm³/mol. The van der Waals surface area contributed by atoms with Gasteiger partial charge in [-0.3, -0.25) is 4.68 Å². The van der Waals surface area contributed by atoms with Crippen LogP contribution in [-0.4, -0.2) is 16.3 Å². The molecule has 1 aromatic heterocycles. The number of thioether (sulfide) groups is 1. The monoisotopic (exact) mass is 275 g/mol. The predicted octanol–water partition coefficient (Wildman–Crippen LogP) is 2.16. The lowest BCUT2D eigenvalue weighted by molar-refractivity contribution is 0.624. The number of benzene rings is 1. The summed E-state index contributed by atoms with van der Waals surface area (Å²) in [5.74, 6) is 5.85. The first-order chi connectivity index (χ1) is 9.19. The van der Waals surface area contributed by atoms with Crippen LogP contribution in [0.2, 0.25) is 0 Å². The van der Waals surface area contributed by atoms with E-state index in [1.54, 1.807) is 28.6 Å². The van der Waals surface area contributed by atoms with E-state index in [1.165, 1.54) is 6.07 Å². The minimum Gasteiger partial charge on any atom is -0.320 e. The number of nitrogens with two attached hydrogens (primary N) is 1. The van der Waals surface area contributed by atoms with Gasteiger partial charge in [-0.1, -0.05) is 17.9 Å². The zero-order chi connectivity index (χ0) is 13.7. The molecule has 19 heavy (non-hydrogen) atoms. The lowest BCUT2D eigenvalue weighted by Crippen LogP contribution is -1.94. The lowest BCUT2D eigenvalue weighted by Gasteiger charge is -2.02. The second-order valence-electron chi connectivity index (χ2n) is 3.96. The van der Waals surface area contributed by atoms with Crippen molar-refractivity contribution in [3.63, 3.8) is 0 Å². The van der Waals surface area contributed by atoms with Crippen LogP contribution in [0.3, 0.4) is 0 Å². The third-order valence-electron chi connectivity index (χ3n) is 2.44. The summed E-state index contributed by atoms with van der Waals surface area (Å²) < 4.78 is 15.3. The van der Waals surface area contributed by atoms with Gasteiger partial charge in [0.05, 0.1) is 18.3 Å². The molecule has 0 amide bonds. The standard InChI is InChI=1S/C14H14FN3S/c1-18-9-13(8-17-18)19-10-11-4-5-14(15)12(7-11)3-2-6-16/h4-5,7-9H,6,10,16H2,1H3. The molecule has 0 aliphatic carbocycles. The Morgan fingerprint density at radius 3 is 3.00 bits per heavy atom. The van der Waals surface area contributed by atoms with Crippen molar-refractivity contribution in [1.29, 1.82) is 0 Å². The molecule has 5 heteroatoms. The first-order valence-electron chi connectivity index (χ1n) is 5.78. The maximum Gasteiger partial charge on any atom is 0.138 e. The third kappa shape index (κ3) is 3.85. The Kier molecular flexibility index (Phi) is 4.61. The Morgan fingerprint density at radius 1 is 1.47 bits per heavy atom. The number of hydrogen-bond acceptors (Lipinski definition) is 3. The molecule has 3 nitrogen and oxygen atoms in total. The summed E-state index contributed by atoms with van der Waals surface area (Å²) in [6.45, 7) is 0.230. The van der Waals surface area contributed by atoms with Crippen molar-refractivity contribution in [1.82, 2.24) is 9.78 Å². The van der Waals surface area contributed by atoms with Gasteiger partial charge in [0, 0.05) is 23.9 Å². The fourth-order valence-electron chi connectivity index (χ4n) is 1.54. The molecule has 2 rings (SSSR count). The summed E-state index contributed by atoms with van der Waals surface area (Å²) in [6.07, 6.45) is 3.76. The minimum absolute atomic E-state index is 0.230. The Morgan fingerprint density at radius 2 is 2.32 bits per heavy atom. The Bertz CT molecular complexity index is 625. The van der Waals surface area contributed by atoms with Gasteiger partial charge in [0.25, 0.3) is 0 Å². The Labute approximate surface area is 116 Å². The normalized spacial score (nSPS) is 10.1. The average molecular weight is 275 g/mol. The zero-order valence-electron chi connectivity index (χ0n) is 10.6. The highest BCUT2D eigenvalue weighted by atomic mass is 32.2. The number of aromatic nitrogens is 2. The van der Waals surface area contributed by atoms with E-state index in [-0.39, 0.29) is 12.4 Å². The zero-order valence-corrected chi connectivity index (χ0v) is 11.4. The molecule has 0 aliphatic rings. The van der Waals surface area contributed by atoms with E-state index in [4.69, 9.17) is 5.73 Å². The van der Waals surface area contributed by atoms with E-state index in [9.17, 15) is 4.39 Å². The molecule has 0 saturated heterocycles. The molecule has 0 spiro atoms. The smallest absolute Gasteiger partial charge is 0.138 e. The maximum absolute atomic E-state index is 13.5. The van der Waals surface area contributed by atoms with Crippen molar-refractivity contribution < 1.29 is 4.39 Å². The first kappa shape index (κ1) is 13.7. The number of rotatable bonds is 3. The molecule has 1 heterocycles. The van der Waals surface area contributed by atoms with Gasteiger partial charge in [-0.2, -0.15) is 5.10 Å². The lowest BCUT2D eigenvalue weighted by atomic mass is 10.1. The maximum atomic E-state index is 13.5. The Hall–Kier alpha value is -1.77. The molecule has 0 aliphatic heterocycles. The highest BCUT2D eigenvalue weighted by Crippen LogP contribution is 2.22. The molecule has 0 fully saturated rings. The van der Waals surface area contributed by atoms with Crippen molar-refractivity contribution in [2.75, 3.05) is 6.54 Å². The van der Waals surface area contributed by atoms with E-state index in [1.807, 2.05) is 19.4 Å². The van der Waals surface area contributed by atoms with Crippen LogP contribution >= 0.6 is 11.8 Å². The quantitative estimate of drug-likeness (QED) is 0.689. The van der Waals surface area contributed by atoms with Crippen LogP contribution in [0.4, 0.5) is 4.39 Å². The Balaban J connectivity index is 2.08. The highest BCUT2D eigenvalue weighted by Gasteiger charge is 2.03. The number of aryl methyl sites for hydroxylation is 1. The van der Waals surface area contributed by atoms with Crippen LogP contribution in [-0.2, 0) is 12.8 Å². The number of hydrogen-bond donors (Lipinski definition) is 1. The fraction of sp³-hybridized carbons (Fsp3) is 0.214. The van der Waals surface area contributed by atoms with Crippen LogP contribution in [0.5, 0.6) is 0 Å². The minimum atomic E-state index is -0.309. The van der Waals surface area contributed by atoms with Gasteiger partial charge in [-0.15, -0.1) is 11.8 Å². The first-order valence-corrected chi connectivity index (χ1v) is 6.76. The molecule has 2 N–H and O–H groups in total. The molecule has 2 aromatic rings. The SMILES string of the molecule is Cn1cc(SCc2ccc(F)c(C#CCN)c2)cn1. The van der Waals surface area contributed by atoms with E-state index in [0.29, 0.717) is 5.56 Å². The van der Waals surface area contributed by atoms with Crippen LogP contribution < -0.4 is 5.73 Å². The van der Waals surface area contributed by atoms with Gasteiger partial charge >= 0.3 is 0 Å². The van der Waals surface area contributed by atoms with Gasteiger partial charge < -0.3 is 5.73 Å². The fourth-order valence-corrected chi connectivity index (χ4v) is 2.41. The van der Waals surface area contributed by atoms with Crippen molar-refractivity contribution in [2.45, 2.75) is 10.6 Å². The summed E-state index contributed by atoms with van der Waals surface area (Å²) in [6, 6.07) is 4.98. The average Bonchev–Trinajstić information content (AvgIpc) is 2.82. The van der Waals surface area contributed by atoms with Crippen LogP contribution in [0, 0.1) is 17.7 Å². The van der Waals surface area contributed by atoms with E-state index in [0.717, 1.165) is 16.2 Å². The second kappa shape index (κ2) is 6.41. The van der Waals surface area contributed by atoms with Gasteiger partial charge in [0.15, 0.2) is 0 Å². The number of nitrogens with zero attached hydrogens (tertiary/aromatic N) is 2. The van der Waals surface area contributed by atoms with Crippen molar-refractivity contribution >= 4 is 11.8 Å². The van der Waals surface area contributed by atoms with E-state index in [2.05, 4.69) is 16.9 Å². The third-order valence-corrected chi connectivity index (χ3v) is 3.46. The topological polar surface area (TPSA) is 43.8 Å². The molecule has 98 valence electrons.